The lowest BCUT2D eigenvalue weighted by Gasteiger charge is -2.19. The maximum absolute atomic E-state index is 14.6. The third-order valence-corrected chi connectivity index (χ3v) is 7.79. The Labute approximate surface area is 206 Å². The monoisotopic (exact) mass is 506 g/mol. The third-order valence-electron chi connectivity index (χ3n) is 7.62. The number of fused-ring (bicyclic) bond motifs is 1. The number of rotatable bonds is 8. The number of benzene rings is 1. The van der Waals surface area contributed by atoms with E-state index in [0.29, 0.717) is 56.8 Å². The van der Waals surface area contributed by atoms with Crippen molar-refractivity contribution in [3.8, 4) is 0 Å². The number of alkyl halides is 2. The number of Topliss-reactive ketones (excluding diaryl/α,β-unsaturated/α-hetero) is 1. The Morgan fingerprint density at radius 2 is 2.06 bits per heavy atom. The minimum atomic E-state index is -2.90. The number of ketones is 1. The Balaban J connectivity index is 1.26. The second-order valence-electron chi connectivity index (χ2n) is 9.84. The van der Waals surface area contributed by atoms with Crippen molar-refractivity contribution < 1.29 is 22.7 Å². The number of halogens is 4. The van der Waals surface area contributed by atoms with E-state index in [1.807, 2.05) is 0 Å². The molecule has 1 spiro atoms. The quantitative estimate of drug-likeness (QED) is 0.461. The Morgan fingerprint density at radius 1 is 1.31 bits per heavy atom. The van der Waals surface area contributed by atoms with Gasteiger partial charge >= 0.3 is 0 Å². The molecule has 1 saturated heterocycles. The average Bonchev–Trinajstić information content (AvgIpc) is 3.13. The van der Waals surface area contributed by atoms with Gasteiger partial charge in [0.25, 0.3) is 6.43 Å². The second kappa shape index (κ2) is 9.17. The Kier molecular flexibility index (Phi) is 6.34. The molecule has 6 nitrogen and oxygen atoms in total. The molecular formula is C25H26ClF3N4O2. The predicted octanol–water partition coefficient (Wildman–Crippen LogP) is 5.50. The van der Waals surface area contributed by atoms with Crippen LogP contribution in [0.1, 0.15) is 61.0 Å². The van der Waals surface area contributed by atoms with Gasteiger partial charge < -0.3 is 15.5 Å². The van der Waals surface area contributed by atoms with Gasteiger partial charge in [0.1, 0.15) is 17.4 Å². The van der Waals surface area contributed by atoms with E-state index in [0.717, 1.165) is 17.3 Å². The topological polar surface area (TPSA) is 88.0 Å². The van der Waals surface area contributed by atoms with E-state index >= 15 is 0 Å². The molecule has 1 aliphatic heterocycles. The summed E-state index contributed by atoms with van der Waals surface area (Å²) < 4.78 is 46.4. The van der Waals surface area contributed by atoms with Gasteiger partial charge in [0.05, 0.1) is 36.4 Å². The Hall–Kier alpha value is -2.52. The zero-order chi connectivity index (χ0) is 24.9. The number of carbonyl (C=O) groups is 1. The molecule has 2 aliphatic carbocycles. The molecule has 2 N–H and O–H groups in total. The lowest BCUT2D eigenvalue weighted by Crippen LogP contribution is -2.25. The van der Waals surface area contributed by atoms with Crippen molar-refractivity contribution in [3.63, 3.8) is 0 Å². The molecule has 1 aromatic carbocycles. The molecule has 0 radical (unpaired) electrons. The summed E-state index contributed by atoms with van der Waals surface area (Å²) in [5, 5.41) is 11.1. The molecule has 35 heavy (non-hydrogen) atoms. The summed E-state index contributed by atoms with van der Waals surface area (Å²) in [4.78, 5) is 21.5. The molecule has 2 aromatic rings. The molecule has 0 bridgehead atoms. The van der Waals surface area contributed by atoms with Crippen LogP contribution in [0.15, 0.2) is 18.2 Å². The van der Waals surface area contributed by atoms with Crippen LogP contribution in [0, 0.1) is 28.5 Å². The number of hydrogen-bond donors (Lipinski definition) is 2. The summed E-state index contributed by atoms with van der Waals surface area (Å²) in [6.45, 7) is 2.54. The number of carbonyl (C=O) groups excluding carboxylic acids is 1. The van der Waals surface area contributed by atoms with Crippen molar-refractivity contribution in [3.05, 3.63) is 51.7 Å². The van der Waals surface area contributed by atoms with Crippen molar-refractivity contribution in [2.75, 3.05) is 18.5 Å². The number of ether oxygens (including phenoxy) is 1. The van der Waals surface area contributed by atoms with Gasteiger partial charge in [-0.15, -0.1) is 0 Å². The molecule has 1 saturated carbocycles. The van der Waals surface area contributed by atoms with Gasteiger partial charge in [-0.25, -0.2) is 23.1 Å². The van der Waals surface area contributed by atoms with Crippen LogP contribution in [-0.4, -0.2) is 34.7 Å². The van der Waals surface area contributed by atoms with E-state index in [1.165, 1.54) is 12.1 Å². The van der Waals surface area contributed by atoms with Crippen LogP contribution < -0.4 is 5.32 Å². The van der Waals surface area contributed by atoms with Crippen LogP contribution in [0.2, 0.25) is 5.28 Å². The molecule has 5 rings (SSSR count). The summed E-state index contributed by atoms with van der Waals surface area (Å²) >= 11 is 6.15. The number of aromatic nitrogens is 2. The first kappa shape index (κ1) is 24.2. The molecule has 2 unspecified atom stereocenters. The van der Waals surface area contributed by atoms with Gasteiger partial charge in [-0.1, -0.05) is 18.2 Å². The molecular weight excluding hydrogens is 481 g/mol. The molecule has 2 heterocycles. The zero-order valence-electron chi connectivity index (χ0n) is 19.2. The van der Waals surface area contributed by atoms with Gasteiger partial charge in [0, 0.05) is 28.7 Å². The first-order valence-corrected chi connectivity index (χ1v) is 12.1. The molecule has 0 amide bonds. The van der Waals surface area contributed by atoms with Crippen LogP contribution >= 0.6 is 11.6 Å². The SMILES string of the molecule is C[C@@H](Nc1nc(Cl)nc2c1CC(CCC(=O)[C@@H]1COCC13CC3=N)C2)c1cccc(C(F)F)c1F. The number of hydrogen-bond acceptors (Lipinski definition) is 6. The highest BCUT2D eigenvalue weighted by molar-refractivity contribution is 6.28. The maximum atomic E-state index is 14.6. The van der Waals surface area contributed by atoms with Crippen molar-refractivity contribution in [1.29, 1.82) is 5.41 Å². The molecule has 4 atom stereocenters. The number of anilines is 1. The van der Waals surface area contributed by atoms with Gasteiger partial charge in [0.2, 0.25) is 5.28 Å². The molecule has 3 aliphatic rings. The van der Waals surface area contributed by atoms with Crippen molar-refractivity contribution >= 4 is 28.9 Å². The first-order chi connectivity index (χ1) is 16.7. The number of nitrogens with zero attached hydrogens (tertiary/aromatic N) is 2. The number of nitrogens with one attached hydrogen (secondary N) is 2. The fourth-order valence-corrected chi connectivity index (χ4v) is 5.67. The zero-order valence-corrected chi connectivity index (χ0v) is 20.0. The summed E-state index contributed by atoms with van der Waals surface area (Å²) in [5.41, 5.74) is 1.38. The lowest BCUT2D eigenvalue weighted by atomic mass is 9.85. The minimum absolute atomic E-state index is 0.0503. The molecule has 2 fully saturated rings. The van der Waals surface area contributed by atoms with E-state index < -0.39 is 23.8 Å². The molecule has 1 aromatic heterocycles. The summed E-state index contributed by atoms with van der Waals surface area (Å²) in [6, 6.07) is 3.32. The van der Waals surface area contributed by atoms with Crippen molar-refractivity contribution in [2.45, 2.75) is 51.5 Å². The third kappa shape index (κ3) is 4.44. The van der Waals surface area contributed by atoms with Crippen LogP contribution in [-0.2, 0) is 22.4 Å². The van der Waals surface area contributed by atoms with E-state index in [9.17, 15) is 18.0 Å². The summed E-state index contributed by atoms with van der Waals surface area (Å²) in [7, 11) is 0. The fraction of sp³-hybridized carbons (Fsp3) is 0.520. The Bertz CT molecular complexity index is 1190. The smallest absolute Gasteiger partial charge is 0.266 e. The van der Waals surface area contributed by atoms with Gasteiger partial charge in [-0.3, -0.25) is 4.79 Å². The summed E-state index contributed by atoms with van der Waals surface area (Å²) in [5.74, 6) is -0.379. The van der Waals surface area contributed by atoms with Crippen LogP contribution in [0.3, 0.4) is 0 Å². The highest BCUT2D eigenvalue weighted by atomic mass is 35.5. The average molecular weight is 507 g/mol. The van der Waals surface area contributed by atoms with Crippen LogP contribution in [0.25, 0.3) is 0 Å². The van der Waals surface area contributed by atoms with Crippen LogP contribution in [0.5, 0.6) is 0 Å². The standard InChI is InChI=1S/C25H26ClF3N4O2/c1-12(14-3-2-4-15(21(14)27)22(28)29)31-23-16-7-13(8-18(16)32-24(26)33-23)5-6-19(34)17-10-35-11-25(17)9-20(25)30/h2-4,12-13,17,22,30H,5-11H2,1H3,(H,31,32,33)/t12-,13?,17+,25?/m1/s1. The van der Waals surface area contributed by atoms with Crippen molar-refractivity contribution in [1.82, 2.24) is 9.97 Å². The minimum Gasteiger partial charge on any atom is -0.380 e. The molecule has 10 heteroatoms. The van der Waals surface area contributed by atoms with Crippen LogP contribution in [0.4, 0.5) is 19.0 Å². The van der Waals surface area contributed by atoms with Crippen molar-refractivity contribution in [2.24, 2.45) is 17.3 Å². The predicted molar refractivity (Wildman–Crippen MR) is 125 cm³/mol. The summed E-state index contributed by atoms with van der Waals surface area (Å²) in [6.07, 6.45) is 0.113. The van der Waals surface area contributed by atoms with E-state index in [4.69, 9.17) is 21.7 Å². The Morgan fingerprint density at radius 3 is 2.77 bits per heavy atom. The maximum Gasteiger partial charge on any atom is 0.266 e. The van der Waals surface area contributed by atoms with E-state index in [1.54, 1.807) is 6.92 Å². The van der Waals surface area contributed by atoms with Gasteiger partial charge in [0.15, 0.2) is 0 Å². The highest BCUT2D eigenvalue weighted by Gasteiger charge is 2.60. The first-order valence-electron chi connectivity index (χ1n) is 11.8. The molecule has 186 valence electrons. The normalized spacial score (nSPS) is 25.8. The van der Waals surface area contributed by atoms with E-state index in [2.05, 4.69) is 15.3 Å². The van der Waals surface area contributed by atoms with E-state index in [-0.39, 0.29) is 33.9 Å². The second-order valence-corrected chi connectivity index (χ2v) is 10.2. The lowest BCUT2D eigenvalue weighted by molar-refractivity contribution is -0.124. The largest absolute Gasteiger partial charge is 0.380 e. The highest BCUT2D eigenvalue weighted by Crippen LogP contribution is 2.53. The fourth-order valence-electron chi connectivity index (χ4n) is 5.48. The van der Waals surface area contributed by atoms with Gasteiger partial charge in [-0.05, 0) is 50.1 Å². The van der Waals surface area contributed by atoms with Gasteiger partial charge in [-0.2, -0.15) is 0 Å².